The molecular weight excluding hydrogens is 449 g/mol. The van der Waals surface area contributed by atoms with E-state index in [-0.39, 0.29) is 12.6 Å². The number of rotatable bonds is 9. The first-order valence-corrected chi connectivity index (χ1v) is 11.6. The van der Waals surface area contributed by atoms with Crippen LogP contribution in [0.1, 0.15) is 42.6 Å². The number of nitriles is 1. The van der Waals surface area contributed by atoms with E-state index >= 15 is 0 Å². The summed E-state index contributed by atoms with van der Waals surface area (Å²) in [6, 6.07) is 9.54. The molecule has 1 unspecified atom stereocenters. The highest BCUT2D eigenvalue weighted by Crippen LogP contribution is 2.32. The molecular formula is C25H30FN7O2. The van der Waals surface area contributed by atoms with E-state index in [1.165, 1.54) is 26.2 Å². The average Bonchev–Trinajstić information content (AvgIpc) is 3.23. The Hall–Kier alpha value is -3.55. The monoisotopic (exact) mass is 479 g/mol. The molecule has 1 atom stereocenters. The summed E-state index contributed by atoms with van der Waals surface area (Å²) in [5.41, 5.74) is 1.88. The number of carbonyl (C=O) groups excluding carboxylic acids is 1. The lowest BCUT2D eigenvalue weighted by atomic mass is 9.80. The smallest absolute Gasteiger partial charge is 0.255 e. The van der Waals surface area contributed by atoms with Crippen LogP contribution in [0, 0.1) is 17.2 Å². The van der Waals surface area contributed by atoms with Crippen molar-refractivity contribution in [3.63, 3.8) is 0 Å². The summed E-state index contributed by atoms with van der Waals surface area (Å²) in [4.78, 5) is 17.4. The van der Waals surface area contributed by atoms with Crippen molar-refractivity contribution in [2.45, 2.75) is 44.5 Å². The van der Waals surface area contributed by atoms with Gasteiger partial charge >= 0.3 is 0 Å². The van der Waals surface area contributed by atoms with E-state index in [1.54, 1.807) is 16.6 Å². The van der Waals surface area contributed by atoms with Crippen LogP contribution in [0.2, 0.25) is 0 Å². The molecule has 0 saturated heterocycles. The molecule has 3 aromatic rings. The van der Waals surface area contributed by atoms with Crippen molar-refractivity contribution in [3.8, 4) is 17.5 Å². The predicted molar refractivity (Wildman–Crippen MR) is 131 cm³/mol. The number of hydrogen-bond acceptors (Lipinski definition) is 7. The van der Waals surface area contributed by atoms with Gasteiger partial charge in [0.2, 0.25) is 0 Å². The van der Waals surface area contributed by atoms with Gasteiger partial charge in [-0.3, -0.25) is 9.78 Å². The predicted octanol–water partition coefficient (Wildman–Crippen LogP) is 2.52. The van der Waals surface area contributed by atoms with Crippen LogP contribution >= 0.6 is 0 Å². The Bertz CT molecular complexity index is 1250. The highest BCUT2D eigenvalue weighted by molar-refractivity contribution is 6.00. The van der Waals surface area contributed by atoms with E-state index in [4.69, 9.17) is 5.26 Å². The first-order valence-electron chi connectivity index (χ1n) is 11.6. The van der Waals surface area contributed by atoms with Crippen molar-refractivity contribution in [2.24, 2.45) is 5.92 Å². The van der Waals surface area contributed by atoms with Gasteiger partial charge in [0.05, 0.1) is 52.1 Å². The minimum atomic E-state index is -1.61. The van der Waals surface area contributed by atoms with E-state index in [1.807, 2.05) is 19.2 Å². The molecule has 184 valence electrons. The van der Waals surface area contributed by atoms with Gasteiger partial charge in [-0.05, 0) is 70.5 Å². The summed E-state index contributed by atoms with van der Waals surface area (Å²) in [6.07, 6.45) is 3.29. The zero-order valence-corrected chi connectivity index (χ0v) is 20.0. The number of fused-ring (bicyclic) bond motifs is 1. The number of aliphatic hydroxyl groups is 1. The average molecular weight is 480 g/mol. The van der Waals surface area contributed by atoms with Gasteiger partial charge in [-0.15, -0.1) is 0 Å². The fourth-order valence-corrected chi connectivity index (χ4v) is 4.21. The number of aromatic nitrogens is 3. The minimum absolute atomic E-state index is 0.209. The topological polar surface area (TPSA) is 127 Å². The Balaban J connectivity index is 1.62. The van der Waals surface area contributed by atoms with Crippen molar-refractivity contribution in [2.75, 3.05) is 25.5 Å². The SMILES string of the molecule is CNCC1CC(Nc2cc(-c3ccc4cc(C#N)cnn34)ncc2C(=O)NCC(F)C(C)(C)O)C1. The van der Waals surface area contributed by atoms with Crippen LogP contribution in [0.15, 0.2) is 36.7 Å². The van der Waals surface area contributed by atoms with Gasteiger partial charge in [-0.2, -0.15) is 10.4 Å². The number of anilines is 1. The highest BCUT2D eigenvalue weighted by atomic mass is 19.1. The van der Waals surface area contributed by atoms with Crippen molar-refractivity contribution in [3.05, 3.63) is 47.8 Å². The van der Waals surface area contributed by atoms with Gasteiger partial charge in [0, 0.05) is 12.2 Å². The third-order valence-electron chi connectivity index (χ3n) is 6.34. The minimum Gasteiger partial charge on any atom is -0.387 e. The van der Waals surface area contributed by atoms with Crippen molar-refractivity contribution >= 4 is 17.1 Å². The summed E-state index contributed by atoms with van der Waals surface area (Å²) in [7, 11) is 1.93. The fourth-order valence-electron chi connectivity index (χ4n) is 4.21. The molecule has 0 radical (unpaired) electrons. The lowest BCUT2D eigenvalue weighted by Crippen LogP contribution is -2.42. The second kappa shape index (κ2) is 9.98. The Morgan fingerprint density at radius 1 is 1.34 bits per heavy atom. The van der Waals surface area contributed by atoms with Crippen LogP contribution in [0.3, 0.4) is 0 Å². The standard InChI is InChI=1S/C25H30FN7O2/c1-25(2,35)23(26)14-30-24(34)19-13-29-21(9-20(19)32-17-6-15(7-17)11-28-3)22-5-4-18-8-16(10-27)12-31-33(18)22/h4-5,8-9,12-13,15,17,23,28,35H,6-7,11,14H2,1-3H3,(H,29,32)(H,30,34). The maximum Gasteiger partial charge on any atom is 0.255 e. The molecule has 1 fully saturated rings. The van der Waals surface area contributed by atoms with E-state index in [0.29, 0.717) is 34.1 Å². The lowest BCUT2D eigenvalue weighted by Gasteiger charge is -2.36. The molecule has 9 nitrogen and oxygen atoms in total. The quantitative estimate of drug-likeness (QED) is 0.371. The van der Waals surface area contributed by atoms with Crippen LogP contribution < -0.4 is 16.0 Å². The van der Waals surface area contributed by atoms with Crippen molar-refractivity contribution in [1.29, 1.82) is 5.26 Å². The van der Waals surface area contributed by atoms with Crippen LogP contribution in [0.5, 0.6) is 0 Å². The van der Waals surface area contributed by atoms with Crippen molar-refractivity contribution < 1.29 is 14.3 Å². The number of carbonyl (C=O) groups is 1. The number of hydrogen-bond donors (Lipinski definition) is 4. The second-order valence-corrected chi connectivity index (χ2v) is 9.59. The number of amides is 1. The zero-order valence-electron chi connectivity index (χ0n) is 20.0. The third kappa shape index (κ3) is 5.42. The largest absolute Gasteiger partial charge is 0.387 e. The molecule has 3 aromatic heterocycles. The molecule has 35 heavy (non-hydrogen) atoms. The molecule has 1 saturated carbocycles. The zero-order chi connectivity index (χ0) is 25.2. The van der Waals surface area contributed by atoms with Gasteiger partial charge in [0.25, 0.3) is 5.91 Å². The summed E-state index contributed by atoms with van der Waals surface area (Å²) in [5, 5.41) is 32.5. The Morgan fingerprint density at radius 2 is 2.11 bits per heavy atom. The van der Waals surface area contributed by atoms with E-state index in [2.05, 4.69) is 32.1 Å². The van der Waals surface area contributed by atoms with Crippen LogP contribution in [-0.2, 0) is 0 Å². The number of nitrogens with zero attached hydrogens (tertiary/aromatic N) is 4. The molecule has 0 bridgehead atoms. The fraction of sp³-hybridized carbons (Fsp3) is 0.440. The first-order chi connectivity index (χ1) is 16.7. The third-order valence-corrected chi connectivity index (χ3v) is 6.34. The molecule has 3 heterocycles. The lowest BCUT2D eigenvalue weighted by molar-refractivity contribution is -0.00177. The van der Waals surface area contributed by atoms with Crippen LogP contribution in [-0.4, -0.2) is 63.6 Å². The van der Waals surface area contributed by atoms with E-state index < -0.39 is 17.7 Å². The highest BCUT2D eigenvalue weighted by Gasteiger charge is 2.30. The summed E-state index contributed by atoms with van der Waals surface area (Å²) in [5.74, 6) is 0.102. The summed E-state index contributed by atoms with van der Waals surface area (Å²) < 4.78 is 15.9. The summed E-state index contributed by atoms with van der Waals surface area (Å²) >= 11 is 0. The van der Waals surface area contributed by atoms with Gasteiger partial charge in [0.1, 0.15) is 12.2 Å². The van der Waals surface area contributed by atoms with Gasteiger partial charge in [-0.1, -0.05) is 0 Å². The first kappa shape index (κ1) is 24.6. The molecule has 0 spiro atoms. The molecule has 4 N–H and O–H groups in total. The molecule has 0 aromatic carbocycles. The molecule has 4 rings (SSSR count). The molecule has 0 aliphatic heterocycles. The van der Waals surface area contributed by atoms with Crippen molar-refractivity contribution in [1.82, 2.24) is 25.2 Å². The summed E-state index contributed by atoms with van der Waals surface area (Å²) in [6.45, 7) is 3.35. The number of pyridine rings is 1. The molecule has 10 heteroatoms. The van der Waals surface area contributed by atoms with Crippen LogP contribution in [0.4, 0.5) is 10.1 Å². The Kier molecular flexibility index (Phi) is 7.00. The number of alkyl halides is 1. The van der Waals surface area contributed by atoms with E-state index in [0.717, 1.165) is 24.9 Å². The molecule has 1 amide bonds. The van der Waals surface area contributed by atoms with Gasteiger partial charge in [-0.25, -0.2) is 8.91 Å². The number of nitrogens with one attached hydrogen (secondary N) is 3. The Morgan fingerprint density at radius 3 is 2.80 bits per heavy atom. The van der Waals surface area contributed by atoms with Gasteiger partial charge < -0.3 is 21.1 Å². The Labute approximate surface area is 203 Å². The second-order valence-electron chi connectivity index (χ2n) is 9.59. The molecule has 1 aliphatic rings. The normalized spacial score (nSPS) is 18.5. The van der Waals surface area contributed by atoms with Crippen LogP contribution in [0.25, 0.3) is 16.9 Å². The van der Waals surface area contributed by atoms with E-state index in [9.17, 15) is 14.3 Å². The molecule has 1 aliphatic carbocycles. The maximum absolute atomic E-state index is 14.2. The van der Waals surface area contributed by atoms with Gasteiger partial charge in [0.15, 0.2) is 0 Å². The number of halogens is 1. The maximum atomic E-state index is 14.2.